The van der Waals surface area contributed by atoms with Crippen LogP contribution in [0.15, 0.2) is 16.5 Å². The van der Waals surface area contributed by atoms with Crippen LogP contribution in [-0.2, 0) is 4.79 Å². The number of hydrogen-bond donors (Lipinski definition) is 2. The second kappa shape index (κ2) is 6.65. The topological polar surface area (TPSA) is 74.6 Å². The second-order valence-corrected chi connectivity index (χ2v) is 5.61. The molecule has 21 heavy (non-hydrogen) atoms. The van der Waals surface area contributed by atoms with Crippen molar-refractivity contribution in [3.8, 4) is 0 Å². The van der Waals surface area contributed by atoms with Crippen molar-refractivity contribution in [2.45, 2.75) is 45.7 Å². The Labute approximate surface area is 124 Å². The quantitative estimate of drug-likeness (QED) is 0.894. The van der Waals surface area contributed by atoms with Crippen molar-refractivity contribution in [2.24, 2.45) is 0 Å². The molecule has 0 aromatic carbocycles. The van der Waals surface area contributed by atoms with E-state index in [1.165, 1.54) is 6.92 Å². The first-order valence-electron chi connectivity index (χ1n) is 7.34. The van der Waals surface area contributed by atoms with Crippen LogP contribution in [0.5, 0.6) is 0 Å². The molecule has 1 saturated heterocycles. The van der Waals surface area contributed by atoms with Crippen LogP contribution in [0, 0.1) is 6.92 Å². The lowest BCUT2D eigenvalue weighted by atomic mass is 10.1. The number of hydrogen-bond acceptors (Lipinski definition) is 3. The van der Waals surface area contributed by atoms with E-state index in [9.17, 15) is 9.59 Å². The van der Waals surface area contributed by atoms with E-state index in [1.54, 1.807) is 4.90 Å². The summed E-state index contributed by atoms with van der Waals surface area (Å²) in [4.78, 5) is 25.1. The number of furan rings is 1. The van der Waals surface area contributed by atoms with Crippen LogP contribution in [0.2, 0.25) is 0 Å². The second-order valence-electron chi connectivity index (χ2n) is 5.61. The summed E-state index contributed by atoms with van der Waals surface area (Å²) in [6.45, 7) is 6.54. The van der Waals surface area contributed by atoms with Gasteiger partial charge in [-0.05, 0) is 38.8 Å². The summed E-state index contributed by atoms with van der Waals surface area (Å²) in [5.41, 5.74) is 0. The van der Waals surface area contributed by atoms with Crippen LogP contribution in [0.25, 0.3) is 0 Å². The third-order valence-corrected chi connectivity index (χ3v) is 3.64. The van der Waals surface area contributed by atoms with Crippen LogP contribution in [0.3, 0.4) is 0 Å². The summed E-state index contributed by atoms with van der Waals surface area (Å²) in [5.74, 6) is 1.52. The molecular weight excluding hydrogens is 270 g/mol. The molecule has 3 amide bonds. The fourth-order valence-electron chi connectivity index (χ4n) is 2.60. The molecule has 1 aromatic rings. The maximum atomic E-state index is 12.3. The molecule has 6 heteroatoms. The van der Waals surface area contributed by atoms with Gasteiger partial charge in [0.2, 0.25) is 5.91 Å². The molecule has 1 aromatic heterocycles. The van der Waals surface area contributed by atoms with Crippen molar-refractivity contribution in [1.29, 1.82) is 0 Å². The molecule has 116 valence electrons. The maximum Gasteiger partial charge on any atom is 0.318 e. The zero-order valence-electron chi connectivity index (χ0n) is 12.8. The minimum Gasteiger partial charge on any atom is -0.464 e. The minimum absolute atomic E-state index is 0.0446. The standard InChI is InChI=1S/C15H23N3O3/c1-10-6-7-14(21-10)11(2)16-15(20)18-8-4-5-13(9-18)17-12(3)19/h6-7,11,13H,4-5,8-9H2,1-3H3,(H,16,20)(H,17,19)/t11-,13-/m0/s1. The number of likely N-dealkylation sites (tertiary alicyclic amines) is 1. The van der Waals surface area contributed by atoms with E-state index >= 15 is 0 Å². The molecule has 0 bridgehead atoms. The van der Waals surface area contributed by atoms with Gasteiger partial charge in [-0.25, -0.2) is 4.79 Å². The van der Waals surface area contributed by atoms with E-state index in [1.807, 2.05) is 26.0 Å². The van der Waals surface area contributed by atoms with Crippen LogP contribution in [0.1, 0.15) is 44.3 Å². The highest BCUT2D eigenvalue weighted by Gasteiger charge is 2.25. The van der Waals surface area contributed by atoms with Gasteiger partial charge in [0, 0.05) is 26.1 Å². The van der Waals surface area contributed by atoms with Crippen molar-refractivity contribution in [2.75, 3.05) is 13.1 Å². The molecule has 2 atom stereocenters. The highest BCUT2D eigenvalue weighted by molar-refractivity contribution is 5.75. The third-order valence-electron chi connectivity index (χ3n) is 3.64. The van der Waals surface area contributed by atoms with Gasteiger partial charge in [-0.3, -0.25) is 4.79 Å². The summed E-state index contributed by atoms with van der Waals surface area (Å²) in [5, 5.41) is 5.81. The van der Waals surface area contributed by atoms with Crippen LogP contribution >= 0.6 is 0 Å². The molecule has 0 saturated carbocycles. The highest BCUT2D eigenvalue weighted by Crippen LogP contribution is 2.17. The first-order chi connectivity index (χ1) is 9.95. The van der Waals surface area contributed by atoms with Gasteiger partial charge < -0.3 is 20.0 Å². The molecule has 0 radical (unpaired) electrons. The summed E-state index contributed by atoms with van der Waals surface area (Å²) in [7, 11) is 0. The molecule has 2 N–H and O–H groups in total. The smallest absolute Gasteiger partial charge is 0.318 e. The third kappa shape index (κ3) is 4.24. The highest BCUT2D eigenvalue weighted by atomic mass is 16.3. The molecule has 0 aliphatic carbocycles. The molecular formula is C15H23N3O3. The Morgan fingerprint density at radius 1 is 1.43 bits per heavy atom. The fourth-order valence-corrected chi connectivity index (χ4v) is 2.60. The van der Waals surface area contributed by atoms with E-state index in [0.29, 0.717) is 13.1 Å². The molecule has 1 fully saturated rings. The van der Waals surface area contributed by atoms with Crippen molar-refractivity contribution in [3.05, 3.63) is 23.7 Å². The molecule has 0 spiro atoms. The van der Waals surface area contributed by atoms with Gasteiger partial charge in [0.15, 0.2) is 0 Å². The number of amides is 3. The number of urea groups is 1. The van der Waals surface area contributed by atoms with Gasteiger partial charge in [-0.1, -0.05) is 0 Å². The summed E-state index contributed by atoms with van der Waals surface area (Å²) < 4.78 is 5.52. The molecule has 0 unspecified atom stereocenters. The summed E-state index contributed by atoms with van der Waals surface area (Å²) >= 11 is 0. The van der Waals surface area contributed by atoms with Crippen molar-refractivity contribution in [1.82, 2.24) is 15.5 Å². The van der Waals surface area contributed by atoms with Gasteiger partial charge >= 0.3 is 6.03 Å². The number of piperidine rings is 1. The number of carbonyl (C=O) groups excluding carboxylic acids is 2. The largest absolute Gasteiger partial charge is 0.464 e. The van der Waals surface area contributed by atoms with Crippen LogP contribution in [0.4, 0.5) is 4.79 Å². The van der Waals surface area contributed by atoms with Gasteiger partial charge in [0.25, 0.3) is 0 Å². The Bertz CT molecular complexity index is 512. The lowest BCUT2D eigenvalue weighted by Crippen LogP contribution is -2.52. The SMILES string of the molecule is CC(=O)N[C@H]1CCCN(C(=O)N[C@@H](C)c2ccc(C)o2)C1. The van der Waals surface area contributed by atoms with E-state index in [0.717, 1.165) is 24.4 Å². The van der Waals surface area contributed by atoms with E-state index in [-0.39, 0.29) is 24.0 Å². The lowest BCUT2D eigenvalue weighted by Gasteiger charge is -2.33. The van der Waals surface area contributed by atoms with Gasteiger partial charge in [0.05, 0.1) is 6.04 Å². The molecule has 2 heterocycles. The number of nitrogens with one attached hydrogen (secondary N) is 2. The van der Waals surface area contributed by atoms with Gasteiger partial charge in [0.1, 0.15) is 11.5 Å². The zero-order chi connectivity index (χ0) is 15.4. The average Bonchev–Trinajstić information content (AvgIpc) is 2.85. The van der Waals surface area contributed by atoms with E-state index < -0.39 is 0 Å². The fraction of sp³-hybridized carbons (Fsp3) is 0.600. The monoisotopic (exact) mass is 293 g/mol. The normalized spacial score (nSPS) is 20.0. The van der Waals surface area contributed by atoms with Crippen LogP contribution in [-0.4, -0.2) is 36.0 Å². The Balaban J connectivity index is 1.89. The zero-order valence-corrected chi connectivity index (χ0v) is 12.8. The number of rotatable bonds is 3. The lowest BCUT2D eigenvalue weighted by molar-refractivity contribution is -0.119. The Morgan fingerprint density at radius 2 is 2.19 bits per heavy atom. The predicted molar refractivity (Wildman–Crippen MR) is 78.8 cm³/mol. The number of nitrogens with zero attached hydrogens (tertiary/aromatic N) is 1. The van der Waals surface area contributed by atoms with Crippen molar-refractivity contribution in [3.63, 3.8) is 0 Å². The van der Waals surface area contributed by atoms with Gasteiger partial charge in [-0.15, -0.1) is 0 Å². The average molecular weight is 293 g/mol. The van der Waals surface area contributed by atoms with E-state index in [4.69, 9.17) is 4.42 Å². The summed E-state index contributed by atoms with van der Waals surface area (Å²) in [6.07, 6.45) is 1.81. The Kier molecular flexibility index (Phi) is 4.88. The predicted octanol–water partition coefficient (Wildman–Crippen LogP) is 1.96. The first-order valence-corrected chi connectivity index (χ1v) is 7.34. The molecule has 1 aliphatic heterocycles. The van der Waals surface area contributed by atoms with Crippen molar-refractivity contribution >= 4 is 11.9 Å². The van der Waals surface area contributed by atoms with Crippen LogP contribution < -0.4 is 10.6 Å². The minimum atomic E-state index is -0.174. The van der Waals surface area contributed by atoms with Crippen molar-refractivity contribution < 1.29 is 14.0 Å². The first kappa shape index (κ1) is 15.4. The molecule has 6 nitrogen and oxygen atoms in total. The van der Waals surface area contributed by atoms with Gasteiger partial charge in [-0.2, -0.15) is 0 Å². The molecule has 1 aliphatic rings. The Morgan fingerprint density at radius 3 is 2.81 bits per heavy atom. The van der Waals surface area contributed by atoms with E-state index in [2.05, 4.69) is 10.6 Å². The summed E-state index contributed by atoms with van der Waals surface area (Å²) in [6, 6.07) is 3.50. The maximum absolute atomic E-state index is 12.3. The Hall–Kier alpha value is -1.98. The number of aryl methyl sites for hydroxylation is 1. The number of carbonyl (C=O) groups is 2. The molecule has 2 rings (SSSR count).